The van der Waals surface area contributed by atoms with Crippen LogP contribution in [0.5, 0.6) is 11.5 Å². The summed E-state index contributed by atoms with van der Waals surface area (Å²) >= 11 is 0. The number of carbonyl (C=O) groups is 2. The van der Waals surface area contributed by atoms with Crippen molar-refractivity contribution >= 4 is 11.9 Å². The first-order chi connectivity index (χ1) is 17.6. The van der Waals surface area contributed by atoms with Gasteiger partial charge in [-0.2, -0.15) is 0 Å². The first-order valence-electron chi connectivity index (χ1n) is 14.4. The van der Waals surface area contributed by atoms with E-state index in [1.807, 2.05) is 0 Å². The minimum absolute atomic E-state index is 0.166. The Morgan fingerprint density at radius 3 is 1.64 bits per heavy atom. The fourth-order valence-electron chi connectivity index (χ4n) is 4.04. The van der Waals surface area contributed by atoms with Gasteiger partial charge in [-0.25, -0.2) is 0 Å². The van der Waals surface area contributed by atoms with E-state index >= 15 is 0 Å². The number of esters is 1. The van der Waals surface area contributed by atoms with Crippen molar-refractivity contribution in [2.24, 2.45) is 0 Å². The fraction of sp³-hybridized carbons (Fsp3) is 0.733. The largest absolute Gasteiger partial charge is 0.490 e. The summed E-state index contributed by atoms with van der Waals surface area (Å²) in [6.07, 6.45) is 19.9. The van der Waals surface area contributed by atoms with Gasteiger partial charge in [0.15, 0.2) is 11.5 Å². The topological polar surface area (TPSA) is 73.9 Å². The number of methoxy groups -OCH3 is 1. The molecule has 0 unspecified atom stereocenters. The molecule has 0 saturated heterocycles. The van der Waals surface area contributed by atoms with Gasteiger partial charge in [0.2, 0.25) is 0 Å². The number of unbranched alkanes of at least 4 members (excludes halogenated alkanes) is 14. The van der Waals surface area contributed by atoms with Gasteiger partial charge in [0.25, 0.3) is 5.91 Å². The van der Waals surface area contributed by atoms with E-state index in [0.29, 0.717) is 30.3 Å². The van der Waals surface area contributed by atoms with Crippen LogP contribution in [0.3, 0.4) is 0 Å². The highest BCUT2D eigenvalue weighted by Gasteiger charge is 2.13. The minimum Gasteiger partial charge on any atom is -0.490 e. The number of hydrogen-bond acceptors (Lipinski definition) is 5. The van der Waals surface area contributed by atoms with E-state index in [4.69, 9.17) is 9.47 Å². The summed E-state index contributed by atoms with van der Waals surface area (Å²) in [5.41, 5.74) is 0.434. The number of carbonyl (C=O) groups excluding carboxylic acids is 2. The number of hydrogen-bond donors (Lipinski definition) is 1. The van der Waals surface area contributed by atoms with Crippen molar-refractivity contribution in [3.63, 3.8) is 0 Å². The van der Waals surface area contributed by atoms with E-state index in [-0.39, 0.29) is 12.5 Å². The molecule has 0 radical (unpaired) electrons. The average Bonchev–Trinajstić information content (AvgIpc) is 2.90. The van der Waals surface area contributed by atoms with E-state index in [2.05, 4.69) is 23.9 Å². The first-order valence-corrected chi connectivity index (χ1v) is 14.4. The molecule has 0 aliphatic carbocycles. The second-order valence-electron chi connectivity index (χ2n) is 9.57. The van der Waals surface area contributed by atoms with Gasteiger partial charge in [0.05, 0.1) is 20.3 Å². The fourth-order valence-corrected chi connectivity index (χ4v) is 4.04. The number of ether oxygens (including phenoxy) is 3. The Balaban J connectivity index is 2.52. The molecule has 6 nitrogen and oxygen atoms in total. The maximum Gasteiger partial charge on any atom is 0.325 e. The zero-order valence-electron chi connectivity index (χ0n) is 23.2. The molecule has 1 aromatic rings. The van der Waals surface area contributed by atoms with Crippen LogP contribution in [-0.2, 0) is 9.53 Å². The molecule has 6 heteroatoms. The van der Waals surface area contributed by atoms with Crippen LogP contribution in [0.15, 0.2) is 18.2 Å². The van der Waals surface area contributed by atoms with Crippen molar-refractivity contribution < 1.29 is 23.8 Å². The molecule has 1 rings (SSSR count). The summed E-state index contributed by atoms with van der Waals surface area (Å²) in [6.45, 7) is 5.54. The van der Waals surface area contributed by atoms with Crippen LogP contribution in [0.25, 0.3) is 0 Å². The molecule has 0 fully saturated rings. The number of benzene rings is 1. The Morgan fingerprint density at radius 1 is 0.667 bits per heavy atom. The molecule has 0 aliphatic heterocycles. The molecular formula is C30H51NO5. The summed E-state index contributed by atoms with van der Waals surface area (Å²) in [5, 5.41) is 2.58. The third-order valence-corrected chi connectivity index (χ3v) is 6.34. The van der Waals surface area contributed by atoms with Crippen molar-refractivity contribution in [3.05, 3.63) is 23.8 Å². The smallest absolute Gasteiger partial charge is 0.325 e. The molecule has 1 N–H and O–H groups in total. The second kappa shape index (κ2) is 22.0. The minimum atomic E-state index is -0.486. The van der Waals surface area contributed by atoms with Crippen LogP contribution >= 0.6 is 0 Å². The predicted molar refractivity (Wildman–Crippen MR) is 147 cm³/mol. The molecule has 0 heterocycles. The predicted octanol–water partition coefficient (Wildman–Crippen LogP) is 7.63. The highest BCUT2D eigenvalue weighted by atomic mass is 16.5. The summed E-state index contributed by atoms with van der Waals surface area (Å²) in [5.74, 6) is 0.428. The van der Waals surface area contributed by atoms with E-state index in [1.54, 1.807) is 18.2 Å². The zero-order valence-corrected chi connectivity index (χ0v) is 23.2. The number of rotatable bonds is 23. The van der Waals surface area contributed by atoms with Gasteiger partial charge < -0.3 is 19.5 Å². The van der Waals surface area contributed by atoms with Gasteiger partial charge in [-0.15, -0.1) is 0 Å². The van der Waals surface area contributed by atoms with Crippen LogP contribution < -0.4 is 14.8 Å². The normalized spacial score (nSPS) is 10.8. The molecule has 0 spiro atoms. The third kappa shape index (κ3) is 15.7. The van der Waals surface area contributed by atoms with Crippen LogP contribution in [0, 0.1) is 0 Å². The summed E-state index contributed by atoms with van der Waals surface area (Å²) in [4.78, 5) is 23.8. The van der Waals surface area contributed by atoms with Crippen LogP contribution in [0.1, 0.15) is 127 Å². The summed E-state index contributed by atoms with van der Waals surface area (Å²) in [6, 6.07) is 5.21. The first kappa shape index (κ1) is 31.8. The lowest BCUT2D eigenvalue weighted by molar-refractivity contribution is -0.139. The quantitative estimate of drug-likeness (QED) is 0.122. The lowest BCUT2D eigenvalue weighted by Gasteiger charge is -2.14. The molecule has 1 amide bonds. The second-order valence-corrected chi connectivity index (χ2v) is 9.57. The monoisotopic (exact) mass is 505 g/mol. The van der Waals surface area contributed by atoms with Crippen molar-refractivity contribution in [3.8, 4) is 11.5 Å². The van der Waals surface area contributed by atoms with Crippen molar-refractivity contribution in [1.82, 2.24) is 5.32 Å². The van der Waals surface area contributed by atoms with Gasteiger partial charge in [-0.05, 0) is 31.0 Å². The molecule has 0 aliphatic rings. The van der Waals surface area contributed by atoms with Crippen molar-refractivity contribution in [2.75, 3.05) is 26.9 Å². The Kier molecular flexibility index (Phi) is 19.4. The Hall–Kier alpha value is -2.24. The highest BCUT2D eigenvalue weighted by molar-refractivity contribution is 5.96. The summed E-state index contributed by atoms with van der Waals surface area (Å²) in [7, 11) is 1.30. The third-order valence-electron chi connectivity index (χ3n) is 6.34. The van der Waals surface area contributed by atoms with Gasteiger partial charge in [-0.3, -0.25) is 9.59 Å². The molecule has 0 atom stereocenters. The molecule has 36 heavy (non-hydrogen) atoms. The SMILES string of the molecule is CCCCCCCCCCOc1ccc(C(=O)NCC(=O)OC)cc1OCCCCCCCCCC. The maximum atomic E-state index is 12.5. The summed E-state index contributed by atoms with van der Waals surface area (Å²) < 4.78 is 16.7. The Labute approximate surface area is 219 Å². The van der Waals surface area contributed by atoms with Gasteiger partial charge in [0, 0.05) is 5.56 Å². The van der Waals surface area contributed by atoms with Crippen LogP contribution in [0.4, 0.5) is 0 Å². The molecule has 0 aromatic heterocycles. The van der Waals surface area contributed by atoms with Crippen LogP contribution in [-0.4, -0.2) is 38.7 Å². The lowest BCUT2D eigenvalue weighted by Crippen LogP contribution is -2.30. The number of nitrogens with one attached hydrogen (secondary N) is 1. The van der Waals surface area contributed by atoms with Crippen LogP contribution in [0.2, 0.25) is 0 Å². The maximum absolute atomic E-state index is 12.5. The van der Waals surface area contributed by atoms with Gasteiger partial charge >= 0.3 is 5.97 Å². The molecule has 0 saturated carbocycles. The van der Waals surface area contributed by atoms with Crippen molar-refractivity contribution in [1.29, 1.82) is 0 Å². The highest BCUT2D eigenvalue weighted by Crippen LogP contribution is 2.29. The van der Waals surface area contributed by atoms with Gasteiger partial charge in [0.1, 0.15) is 6.54 Å². The van der Waals surface area contributed by atoms with Gasteiger partial charge in [-0.1, -0.05) is 104 Å². The zero-order chi connectivity index (χ0) is 26.3. The Morgan fingerprint density at radius 2 is 1.14 bits per heavy atom. The molecule has 0 bridgehead atoms. The average molecular weight is 506 g/mol. The standard InChI is InChI=1S/C30H51NO5/c1-4-6-8-10-12-14-16-18-22-35-27-21-20-26(30(33)31-25-29(32)34-3)24-28(27)36-23-19-17-15-13-11-9-7-5-2/h20-21,24H,4-19,22-23,25H2,1-3H3,(H,31,33). The molecule has 206 valence electrons. The van der Waals surface area contributed by atoms with E-state index in [0.717, 1.165) is 25.7 Å². The van der Waals surface area contributed by atoms with Crippen molar-refractivity contribution in [2.45, 2.75) is 117 Å². The molecular weight excluding hydrogens is 454 g/mol. The molecule has 1 aromatic carbocycles. The lowest BCUT2D eigenvalue weighted by atomic mass is 10.1. The Bertz CT molecular complexity index is 707. The van der Waals surface area contributed by atoms with E-state index < -0.39 is 5.97 Å². The van der Waals surface area contributed by atoms with E-state index in [1.165, 1.54) is 84.2 Å². The van der Waals surface area contributed by atoms with E-state index in [9.17, 15) is 9.59 Å². The number of amides is 1.